The minimum Gasteiger partial charge on any atom is -0.312 e. The first kappa shape index (κ1) is 11.3. The lowest BCUT2D eigenvalue weighted by Crippen LogP contribution is -2.23. The molecular weight excluding hydrogens is 170 g/mol. The highest BCUT2D eigenvalue weighted by molar-refractivity contribution is 5.28. The van der Waals surface area contributed by atoms with Gasteiger partial charge in [-0.15, -0.1) is 0 Å². The van der Waals surface area contributed by atoms with Gasteiger partial charge in [0.25, 0.3) is 0 Å². The number of nitrogens with one attached hydrogen (secondary N) is 1. The molecule has 0 saturated heterocycles. The van der Waals surface area contributed by atoms with Crippen molar-refractivity contribution in [3.05, 3.63) is 35.4 Å². The van der Waals surface area contributed by atoms with Crippen LogP contribution in [0.5, 0.6) is 0 Å². The van der Waals surface area contributed by atoms with Crippen LogP contribution in [0.15, 0.2) is 24.3 Å². The summed E-state index contributed by atoms with van der Waals surface area (Å²) in [5, 5.41) is 3.34. The summed E-state index contributed by atoms with van der Waals surface area (Å²) in [6.07, 6.45) is 1.19. The van der Waals surface area contributed by atoms with E-state index in [2.05, 4.69) is 50.4 Å². The van der Waals surface area contributed by atoms with Gasteiger partial charge in [-0.2, -0.15) is 0 Å². The Hall–Kier alpha value is -0.820. The molecule has 0 radical (unpaired) electrons. The summed E-state index contributed by atoms with van der Waals surface area (Å²) >= 11 is 0. The van der Waals surface area contributed by atoms with Crippen molar-refractivity contribution in [2.24, 2.45) is 5.92 Å². The van der Waals surface area contributed by atoms with E-state index in [4.69, 9.17) is 0 Å². The second-order valence-corrected chi connectivity index (χ2v) is 4.43. The van der Waals surface area contributed by atoms with Crippen molar-refractivity contribution >= 4 is 0 Å². The molecule has 0 aromatic heterocycles. The van der Waals surface area contributed by atoms with Crippen molar-refractivity contribution in [1.82, 2.24) is 5.32 Å². The lowest BCUT2D eigenvalue weighted by molar-refractivity contribution is 0.644. The van der Waals surface area contributed by atoms with Gasteiger partial charge in [-0.1, -0.05) is 45.0 Å². The fourth-order valence-corrected chi connectivity index (χ4v) is 1.42. The van der Waals surface area contributed by atoms with Crippen LogP contribution >= 0.6 is 0 Å². The average molecular weight is 191 g/mol. The van der Waals surface area contributed by atoms with Gasteiger partial charge < -0.3 is 5.32 Å². The van der Waals surface area contributed by atoms with Crippen LogP contribution in [-0.2, 0) is 13.0 Å². The molecule has 1 aromatic carbocycles. The van der Waals surface area contributed by atoms with Gasteiger partial charge in [0, 0.05) is 6.54 Å². The van der Waals surface area contributed by atoms with Gasteiger partial charge in [-0.3, -0.25) is 0 Å². The zero-order chi connectivity index (χ0) is 10.4. The van der Waals surface area contributed by atoms with Gasteiger partial charge in [-0.05, 0) is 30.0 Å². The minimum atomic E-state index is 0.833. The summed E-state index contributed by atoms with van der Waals surface area (Å²) in [6.45, 7) is 8.69. The third-order valence-electron chi connectivity index (χ3n) is 2.00. The summed E-state index contributed by atoms with van der Waals surface area (Å²) < 4.78 is 0. The quantitative estimate of drug-likeness (QED) is 0.664. The van der Waals surface area contributed by atoms with Gasteiger partial charge >= 0.3 is 0 Å². The van der Waals surface area contributed by atoms with Crippen LogP contribution in [0.3, 0.4) is 0 Å². The summed E-state index contributed by atoms with van der Waals surface area (Å²) in [7, 11) is 0. The average Bonchev–Trinajstić information content (AvgIpc) is 2.17. The lowest BCUT2D eigenvalue weighted by atomic mass is 10.0. The van der Waals surface area contributed by atoms with Crippen molar-refractivity contribution in [2.75, 3.05) is 6.54 Å². The molecule has 2 rings (SSSR count). The first-order chi connectivity index (χ1) is 6.70. The van der Waals surface area contributed by atoms with Gasteiger partial charge in [-0.25, -0.2) is 0 Å². The van der Waals surface area contributed by atoms with Gasteiger partial charge in [0.05, 0.1) is 0 Å². The van der Waals surface area contributed by atoms with Crippen molar-refractivity contribution in [2.45, 2.75) is 33.7 Å². The van der Waals surface area contributed by atoms with Crippen LogP contribution in [0.25, 0.3) is 0 Å². The highest BCUT2D eigenvalue weighted by Gasteiger charge is 2.05. The van der Waals surface area contributed by atoms with Crippen LogP contribution in [0.2, 0.25) is 0 Å². The second kappa shape index (κ2) is 5.82. The molecule has 1 nitrogen and oxygen atoms in total. The zero-order valence-corrected chi connectivity index (χ0v) is 9.51. The first-order valence-electron chi connectivity index (χ1n) is 5.47. The number of rotatable bonds is 0. The van der Waals surface area contributed by atoms with E-state index in [-0.39, 0.29) is 0 Å². The molecule has 14 heavy (non-hydrogen) atoms. The maximum Gasteiger partial charge on any atom is 0.0208 e. The summed E-state index contributed by atoms with van der Waals surface area (Å²) in [5.74, 6) is 0.833. The summed E-state index contributed by atoms with van der Waals surface area (Å²) in [6, 6.07) is 8.63. The molecule has 78 valence electrons. The van der Waals surface area contributed by atoms with Crippen molar-refractivity contribution in [1.29, 1.82) is 0 Å². The molecule has 1 aliphatic heterocycles. The predicted molar refractivity (Wildman–Crippen MR) is 62.4 cm³/mol. The van der Waals surface area contributed by atoms with Crippen LogP contribution < -0.4 is 5.32 Å². The van der Waals surface area contributed by atoms with E-state index >= 15 is 0 Å². The Morgan fingerprint density at radius 2 is 1.64 bits per heavy atom. The predicted octanol–water partition coefficient (Wildman–Crippen LogP) is 2.99. The fourth-order valence-electron chi connectivity index (χ4n) is 1.42. The topological polar surface area (TPSA) is 12.0 Å². The molecule has 0 unspecified atom stereocenters. The molecule has 0 atom stereocenters. The molecule has 0 saturated carbocycles. The normalized spacial score (nSPS) is 14.3. The van der Waals surface area contributed by atoms with Crippen molar-refractivity contribution in [3.63, 3.8) is 0 Å². The van der Waals surface area contributed by atoms with Crippen molar-refractivity contribution in [3.8, 4) is 0 Å². The Labute approximate surface area is 87.5 Å². The Morgan fingerprint density at radius 3 is 2.21 bits per heavy atom. The largest absolute Gasteiger partial charge is 0.312 e. The molecule has 0 bridgehead atoms. The van der Waals surface area contributed by atoms with Gasteiger partial charge in [0.2, 0.25) is 0 Å². The molecule has 0 fully saturated rings. The van der Waals surface area contributed by atoms with E-state index < -0.39 is 0 Å². The Bertz CT molecular complexity index is 238. The Kier molecular flexibility index (Phi) is 4.68. The lowest BCUT2D eigenvalue weighted by Gasteiger charge is -2.15. The summed E-state index contributed by atoms with van der Waals surface area (Å²) in [4.78, 5) is 0. The monoisotopic (exact) mass is 191 g/mol. The van der Waals surface area contributed by atoms with Gasteiger partial charge in [0.1, 0.15) is 0 Å². The van der Waals surface area contributed by atoms with Crippen LogP contribution in [0, 0.1) is 5.92 Å². The zero-order valence-electron chi connectivity index (χ0n) is 9.51. The number of hydrogen-bond acceptors (Lipinski definition) is 1. The molecule has 0 aliphatic carbocycles. The molecule has 1 N–H and O–H groups in total. The minimum absolute atomic E-state index is 0.833. The molecule has 0 spiro atoms. The van der Waals surface area contributed by atoms with E-state index in [0.717, 1.165) is 19.0 Å². The molecule has 1 heteroatoms. The maximum atomic E-state index is 3.34. The van der Waals surface area contributed by atoms with E-state index in [0.29, 0.717) is 0 Å². The number of benzene rings is 1. The van der Waals surface area contributed by atoms with Crippen LogP contribution in [-0.4, -0.2) is 6.54 Å². The van der Waals surface area contributed by atoms with E-state index in [1.54, 1.807) is 0 Å². The van der Waals surface area contributed by atoms with E-state index in [9.17, 15) is 0 Å². The third kappa shape index (κ3) is 3.93. The van der Waals surface area contributed by atoms with Gasteiger partial charge in [0.15, 0.2) is 0 Å². The first-order valence-corrected chi connectivity index (χ1v) is 5.47. The van der Waals surface area contributed by atoms with E-state index in [1.165, 1.54) is 17.5 Å². The van der Waals surface area contributed by atoms with Crippen LogP contribution in [0.1, 0.15) is 31.9 Å². The molecule has 0 amide bonds. The Morgan fingerprint density at radius 1 is 1.07 bits per heavy atom. The molecule has 1 aromatic rings. The fraction of sp³-hybridized carbons (Fsp3) is 0.538. The highest BCUT2D eigenvalue weighted by Crippen LogP contribution is 2.11. The number of fused-ring (bicyclic) bond motifs is 1. The standard InChI is InChI=1S/C9H11N.C4H10/c1-2-4-9-7-10-6-5-8(9)3-1;1-4(2)3/h1-4,10H,5-7H2;4H,1-3H3. The molecular formula is C13H21N. The van der Waals surface area contributed by atoms with Crippen molar-refractivity contribution < 1.29 is 0 Å². The summed E-state index contributed by atoms with van der Waals surface area (Å²) in [5.41, 5.74) is 2.98. The second-order valence-electron chi connectivity index (χ2n) is 4.43. The van der Waals surface area contributed by atoms with E-state index in [1.807, 2.05) is 0 Å². The molecule has 1 heterocycles. The highest BCUT2D eigenvalue weighted by atomic mass is 14.9. The number of hydrogen-bond donors (Lipinski definition) is 1. The SMILES string of the molecule is CC(C)C.c1ccc2c(c1)CCNC2. The Balaban J connectivity index is 0.000000213. The third-order valence-corrected chi connectivity index (χ3v) is 2.00. The maximum absolute atomic E-state index is 3.34. The van der Waals surface area contributed by atoms with Crippen LogP contribution in [0.4, 0.5) is 0 Å². The molecule has 1 aliphatic rings. The smallest absolute Gasteiger partial charge is 0.0208 e.